The van der Waals surface area contributed by atoms with Gasteiger partial charge in [0.05, 0.1) is 12.9 Å². The third-order valence-corrected chi connectivity index (χ3v) is 4.64. The van der Waals surface area contributed by atoms with E-state index in [4.69, 9.17) is 4.52 Å². The Morgan fingerprint density at radius 1 is 1.18 bits per heavy atom. The van der Waals surface area contributed by atoms with Crippen molar-refractivity contribution < 1.29 is 18.1 Å². The highest BCUT2D eigenvalue weighted by atomic mass is 31.2. The van der Waals surface area contributed by atoms with Crippen LogP contribution in [0.5, 0.6) is 0 Å². The van der Waals surface area contributed by atoms with Crippen molar-refractivity contribution >= 4 is 19.0 Å². The molecule has 11 heteroatoms. The van der Waals surface area contributed by atoms with Gasteiger partial charge in [-0.1, -0.05) is 0 Å². The smallest absolute Gasteiger partial charge is 0.322 e. The minimum Gasteiger partial charge on any atom is -0.322 e. The zero-order valence-corrected chi connectivity index (χ0v) is 13.6. The summed E-state index contributed by atoms with van der Waals surface area (Å²) in [5.74, 6) is 0. The Kier molecular flexibility index (Phi) is 4.66. The topological polar surface area (TPSA) is 107 Å². The summed E-state index contributed by atoms with van der Waals surface area (Å²) in [6, 6.07) is 0. The molecule has 122 valence electrons. The van der Waals surface area contributed by atoms with Gasteiger partial charge in [-0.3, -0.25) is 27.5 Å². The summed E-state index contributed by atoms with van der Waals surface area (Å²) < 4.78 is 29.9. The first-order valence-electron chi connectivity index (χ1n) is 6.31. The van der Waals surface area contributed by atoms with Crippen molar-refractivity contribution in [2.45, 2.75) is 6.54 Å². The summed E-state index contributed by atoms with van der Waals surface area (Å²) in [6.45, 7) is 0.178. The lowest BCUT2D eigenvalue weighted by Crippen LogP contribution is -2.37. The van der Waals surface area contributed by atoms with E-state index in [-0.39, 0.29) is 24.3 Å². The van der Waals surface area contributed by atoms with E-state index in [1.807, 2.05) is 0 Å². The van der Waals surface area contributed by atoms with Gasteiger partial charge >= 0.3 is 13.5 Å². The van der Waals surface area contributed by atoms with Crippen molar-refractivity contribution in [2.24, 2.45) is 14.1 Å². The third-order valence-electron chi connectivity index (χ3n) is 3.25. The quantitative estimate of drug-likeness (QED) is 0.677. The highest BCUT2D eigenvalue weighted by Gasteiger charge is 2.22. The van der Waals surface area contributed by atoms with E-state index in [1.165, 1.54) is 43.8 Å². The average molecular weight is 332 g/mol. The number of imidazole rings is 1. The second-order valence-corrected chi connectivity index (χ2v) is 6.34. The summed E-state index contributed by atoms with van der Waals surface area (Å²) >= 11 is 0. The predicted molar refractivity (Wildman–Crippen MR) is 77.8 cm³/mol. The molecule has 2 heterocycles. The molecule has 0 aromatic carbocycles. The molecule has 0 aliphatic carbocycles. The normalized spacial score (nSPS) is 12.2. The van der Waals surface area contributed by atoms with Gasteiger partial charge in [-0.05, 0) is 0 Å². The molecular weight excluding hydrogens is 315 g/mol. The summed E-state index contributed by atoms with van der Waals surface area (Å²) in [7, 11) is 1.77. The van der Waals surface area contributed by atoms with Crippen LogP contribution in [0.25, 0.3) is 11.2 Å². The molecule has 10 nitrogen and oxygen atoms in total. The Morgan fingerprint density at radius 2 is 1.82 bits per heavy atom. The highest BCUT2D eigenvalue weighted by Crippen LogP contribution is 2.47. The van der Waals surface area contributed by atoms with Gasteiger partial charge in [0.25, 0.3) is 5.56 Å². The SMILES string of the molecule is COP(=O)(OC)OCCn1cnc2c1c(=O)n(C)c(=O)n2C. The van der Waals surface area contributed by atoms with E-state index in [9.17, 15) is 14.2 Å². The van der Waals surface area contributed by atoms with E-state index < -0.39 is 19.1 Å². The maximum atomic E-state index is 12.2. The number of hydrogen-bond acceptors (Lipinski definition) is 7. The Bertz CT molecular complexity index is 843. The highest BCUT2D eigenvalue weighted by molar-refractivity contribution is 7.48. The second kappa shape index (κ2) is 6.17. The zero-order chi connectivity index (χ0) is 16.5. The molecule has 0 atom stereocenters. The van der Waals surface area contributed by atoms with Crippen LogP contribution < -0.4 is 11.2 Å². The van der Waals surface area contributed by atoms with E-state index in [1.54, 1.807) is 0 Å². The summed E-state index contributed by atoms with van der Waals surface area (Å²) in [5.41, 5.74) is -0.382. The zero-order valence-electron chi connectivity index (χ0n) is 12.7. The number of aryl methyl sites for hydroxylation is 1. The molecule has 0 saturated carbocycles. The molecule has 0 saturated heterocycles. The van der Waals surface area contributed by atoms with Crippen molar-refractivity contribution in [3.8, 4) is 0 Å². The van der Waals surface area contributed by atoms with Crippen LogP contribution in [-0.4, -0.2) is 39.5 Å². The maximum Gasteiger partial charge on any atom is 0.474 e. The first-order chi connectivity index (χ1) is 10.3. The maximum absolute atomic E-state index is 12.2. The van der Waals surface area contributed by atoms with Crippen molar-refractivity contribution in [1.82, 2.24) is 18.7 Å². The molecule has 0 unspecified atom stereocenters. The molecule has 0 spiro atoms. The van der Waals surface area contributed by atoms with E-state index in [0.717, 1.165) is 4.57 Å². The fourth-order valence-electron chi connectivity index (χ4n) is 2.00. The number of rotatable bonds is 6. The number of aromatic nitrogens is 4. The summed E-state index contributed by atoms with van der Waals surface area (Å²) in [6.07, 6.45) is 1.42. The molecule has 2 aromatic rings. The van der Waals surface area contributed by atoms with E-state index in [0.29, 0.717) is 0 Å². The number of hydrogen-bond donors (Lipinski definition) is 0. The van der Waals surface area contributed by atoms with Crippen LogP contribution in [-0.2, 0) is 38.8 Å². The number of phosphoric acid groups is 1. The molecule has 2 aromatic heterocycles. The third kappa shape index (κ3) is 2.78. The van der Waals surface area contributed by atoms with Crippen molar-refractivity contribution in [2.75, 3.05) is 20.8 Å². The predicted octanol–water partition coefficient (Wildman–Crippen LogP) is -0.149. The Hall–Kier alpha value is -1.74. The van der Waals surface area contributed by atoms with Gasteiger partial charge in [-0.25, -0.2) is 14.3 Å². The minimum atomic E-state index is -3.57. The van der Waals surface area contributed by atoms with Gasteiger partial charge in [0.2, 0.25) is 0 Å². The largest absolute Gasteiger partial charge is 0.474 e. The second-order valence-electron chi connectivity index (χ2n) is 4.46. The van der Waals surface area contributed by atoms with Gasteiger partial charge in [0.1, 0.15) is 0 Å². The van der Waals surface area contributed by atoms with Crippen LogP contribution in [0, 0.1) is 0 Å². The lowest BCUT2D eigenvalue weighted by atomic mass is 10.5. The van der Waals surface area contributed by atoms with Crippen LogP contribution in [0.1, 0.15) is 0 Å². The van der Waals surface area contributed by atoms with E-state index in [2.05, 4.69) is 14.0 Å². The van der Waals surface area contributed by atoms with Crippen LogP contribution in [0.3, 0.4) is 0 Å². The van der Waals surface area contributed by atoms with Gasteiger partial charge in [0.15, 0.2) is 11.2 Å². The van der Waals surface area contributed by atoms with Crippen LogP contribution in [0.2, 0.25) is 0 Å². The van der Waals surface area contributed by atoms with Gasteiger partial charge in [0, 0.05) is 34.9 Å². The molecule has 0 fully saturated rings. The van der Waals surface area contributed by atoms with Gasteiger partial charge in [-0.2, -0.15) is 0 Å². The van der Waals surface area contributed by atoms with Crippen LogP contribution in [0.4, 0.5) is 0 Å². The average Bonchev–Trinajstić information content (AvgIpc) is 2.94. The van der Waals surface area contributed by atoms with Crippen molar-refractivity contribution in [3.05, 3.63) is 27.2 Å². The lowest BCUT2D eigenvalue weighted by Gasteiger charge is -2.13. The Morgan fingerprint density at radius 3 is 2.41 bits per heavy atom. The molecule has 2 rings (SSSR count). The van der Waals surface area contributed by atoms with Gasteiger partial charge < -0.3 is 4.57 Å². The van der Waals surface area contributed by atoms with Gasteiger partial charge in [-0.15, -0.1) is 0 Å². The monoisotopic (exact) mass is 332 g/mol. The van der Waals surface area contributed by atoms with Crippen LogP contribution >= 0.6 is 7.82 Å². The Balaban J connectivity index is 2.33. The number of nitrogens with zero attached hydrogens (tertiary/aromatic N) is 4. The number of fused-ring (bicyclic) bond motifs is 1. The number of phosphoric ester groups is 1. The summed E-state index contributed by atoms with van der Waals surface area (Å²) in [5, 5.41) is 0. The molecule has 0 N–H and O–H groups in total. The van der Waals surface area contributed by atoms with Crippen molar-refractivity contribution in [3.63, 3.8) is 0 Å². The standard InChI is InChI=1S/C11H17N4O6P/c1-13-9-8(10(16)14(2)11(13)17)15(7-12-9)5-6-21-22(18,19-3)20-4/h7H,5-6H2,1-4H3. The summed E-state index contributed by atoms with van der Waals surface area (Å²) in [4.78, 5) is 28.1. The lowest BCUT2D eigenvalue weighted by molar-refractivity contribution is 0.148. The fourth-order valence-corrected chi connectivity index (χ4v) is 2.66. The van der Waals surface area contributed by atoms with Crippen LogP contribution in [0.15, 0.2) is 15.9 Å². The molecule has 0 aliphatic rings. The fraction of sp³-hybridized carbons (Fsp3) is 0.545. The first-order valence-corrected chi connectivity index (χ1v) is 7.77. The first kappa shape index (κ1) is 16.6. The molecule has 0 aliphatic heterocycles. The minimum absolute atomic E-state index is 0.0174. The molecule has 0 amide bonds. The molecular formula is C11H17N4O6P. The Labute approximate surface area is 125 Å². The molecule has 22 heavy (non-hydrogen) atoms. The van der Waals surface area contributed by atoms with Crippen molar-refractivity contribution in [1.29, 1.82) is 0 Å². The van der Waals surface area contributed by atoms with E-state index >= 15 is 0 Å². The molecule has 0 radical (unpaired) electrons. The molecule has 0 bridgehead atoms.